The van der Waals surface area contributed by atoms with E-state index in [1.807, 2.05) is 12.1 Å². The second-order valence-corrected chi connectivity index (χ2v) is 5.20. The van der Waals surface area contributed by atoms with Crippen molar-refractivity contribution >= 4 is 17.5 Å². The number of aliphatic hydroxyl groups is 1. The monoisotopic (exact) mass is 308 g/mol. The van der Waals surface area contributed by atoms with E-state index in [2.05, 4.69) is 10.1 Å². The molecule has 112 valence electrons. The van der Waals surface area contributed by atoms with Crippen molar-refractivity contribution in [2.75, 3.05) is 13.7 Å². The second kappa shape index (κ2) is 6.24. The molecule has 6 nitrogen and oxygen atoms in total. The van der Waals surface area contributed by atoms with Gasteiger partial charge in [0.1, 0.15) is 5.82 Å². The average molecular weight is 309 g/mol. The van der Waals surface area contributed by atoms with Crippen molar-refractivity contribution in [3.8, 4) is 5.69 Å². The zero-order valence-corrected chi connectivity index (χ0v) is 12.9. The molecule has 1 atom stereocenters. The predicted molar refractivity (Wildman–Crippen MR) is 79.7 cm³/mol. The van der Waals surface area contributed by atoms with Crippen LogP contribution in [-0.4, -0.2) is 50.4 Å². The summed E-state index contributed by atoms with van der Waals surface area (Å²) in [7, 11) is 1.61. The first-order chi connectivity index (χ1) is 9.95. The van der Waals surface area contributed by atoms with Crippen LogP contribution >= 0.6 is 11.6 Å². The van der Waals surface area contributed by atoms with E-state index in [0.29, 0.717) is 16.5 Å². The Morgan fingerprint density at radius 2 is 2.14 bits per heavy atom. The Balaban J connectivity index is 2.36. The number of aliphatic hydroxyl groups excluding tert-OH is 1. The van der Waals surface area contributed by atoms with Gasteiger partial charge >= 0.3 is 0 Å². The lowest BCUT2D eigenvalue weighted by molar-refractivity contribution is 0.0670. The van der Waals surface area contributed by atoms with Gasteiger partial charge in [0.15, 0.2) is 0 Å². The lowest BCUT2D eigenvalue weighted by atomic mass is 10.3. The smallest absolute Gasteiger partial charge is 0.293 e. The summed E-state index contributed by atoms with van der Waals surface area (Å²) in [6.45, 7) is 3.38. The topological polar surface area (TPSA) is 71.2 Å². The van der Waals surface area contributed by atoms with Crippen molar-refractivity contribution in [2.24, 2.45) is 0 Å². The zero-order valence-electron chi connectivity index (χ0n) is 12.1. The first-order valence-corrected chi connectivity index (χ1v) is 6.90. The molecular weight excluding hydrogens is 292 g/mol. The second-order valence-electron chi connectivity index (χ2n) is 4.79. The summed E-state index contributed by atoms with van der Waals surface area (Å²) in [5.41, 5.74) is 0.668. The van der Waals surface area contributed by atoms with Crippen LogP contribution in [0.5, 0.6) is 0 Å². The summed E-state index contributed by atoms with van der Waals surface area (Å²) >= 11 is 6.14. The molecule has 0 spiro atoms. The van der Waals surface area contributed by atoms with Crippen molar-refractivity contribution in [1.82, 2.24) is 19.7 Å². The average Bonchev–Trinajstić information content (AvgIpc) is 2.87. The molecule has 1 aromatic heterocycles. The Morgan fingerprint density at radius 3 is 2.76 bits per heavy atom. The Bertz CT molecular complexity index is 656. The van der Waals surface area contributed by atoms with Gasteiger partial charge in [-0.25, -0.2) is 9.67 Å². The number of aryl methyl sites for hydroxylation is 1. The number of likely N-dealkylation sites (N-methyl/N-ethyl adjacent to an activating group) is 1. The first kappa shape index (κ1) is 15.5. The van der Waals surface area contributed by atoms with Crippen LogP contribution in [0.2, 0.25) is 5.02 Å². The minimum absolute atomic E-state index is 0.0789. The highest BCUT2D eigenvalue weighted by atomic mass is 35.5. The maximum atomic E-state index is 12.3. The van der Waals surface area contributed by atoms with E-state index in [1.165, 1.54) is 9.58 Å². The number of benzene rings is 1. The lowest BCUT2D eigenvalue weighted by Crippen LogP contribution is -2.37. The van der Waals surface area contributed by atoms with Gasteiger partial charge < -0.3 is 10.0 Å². The number of nitrogens with zero attached hydrogens (tertiary/aromatic N) is 4. The van der Waals surface area contributed by atoms with Crippen LogP contribution < -0.4 is 0 Å². The van der Waals surface area contributed by atoms with E-state index in [-0.39, 0.29) is 24.4 Å². The van der Waals surface area contributed by atoms with Crippen LogP contribution in [0.25, 0.3) is 5.69 Å². The molecular formula is C14H17ClN4O2. The molecule has 1 heterocycles. The fraction of sp³-hybridized carbons (Fsp3) is 0.357. The number of carbonyl (C=O) groups is 1. The molecule has 2 aromatic rings. The van der Waals surface area contributed by atoms with Gasteiger partial charge in [-0.1, -0.05) is 23.7 Å². The number of hydrogen-bond acceptors (Lipinski definition) is 4. The SMILES string of the molecule is Cc1nc(C(=O)N(C)C(C)CO)nn1-c1ccccc1Cl. The highest BCUT2D eigenvalue weighted by Crippen LogP contribution is 2.20. The molecule has 0 aliphatic rings. The van der Waals surface area contributed by atoms with E-state index < -0.39 is 0 Å². The first-order valence-electron chi connectivity index (χ1n) is 6.52. The molecule has 0 fully saturated rings. The third-order valence-corrected chi connectivity index (χ3v) is 3.61. The Kier molecular flexibility index (Phi) is 4.59. The quantitative estimate of drug-likeness (QED) is 0.933. The maximum absolute atomic E-state index is 12.3. The van der Waals surface area contributed by atoms with Crippen molar-refractivity contribution in [3.63, 3.8) is 0 Å². The Morgan fingerprint density at radius 1 is 1.48 bits per heavy atom. The molecule has 0 aliphatic carbocycles. The van der Waals surface area contributed by atoms with Crippen LogP contribution in [0.4, 0.5) is 0 Å². The van der Waals surface area contributed by atoms with Crippen molar-refractivity contribution in [1.29, 1.82) is 0 Å². The third-order valence-electron chi connectivity index (χ3n) is 3.29. The standard InChI is InChI=1S/C14H17ClN4O2/c1-9(8-20)18(3)14(21)13-16-10(2)19(17-13)12-7-5-4-6-11(12)15/h4-7,9,20H,8H2,1-3H3. The summed E-state index contributed by atoms with van der Waals surface area (Å²) in [5.74, 6) is 0.303. The number of aromatic nitrogens is 3. The number of para-hydroxylation sites is 1. The normalized spacial score (nSPS) is 12.2. The van der Waals surface area contributed by atoms with E-state index >= 15 is 0 Å². The summed E-state index contributed by atoms with van der Waals surface area (Å²) < 4.78 is 1.53. The lowest BCUT2D eigenvalue weighted by Gasteiger charge is -2.21. The molecule has 0 bridgehead atoms. The van der Waals surface area contributed by atoms with Crippen LogP contribution in [-0.2, 0) is 0 Å². The molecule has 1 unspecified atom stereocenters. The van der Waals surface area contributed by atoms with Crippen molar-refractivity contribution in [3.05, 3.63) is 40.9 Å². The third kappa shape index (κ3) is 3.06. The molecule has 0 saturated heterocycles. The maximum Gasteiger partial charge on any atom is 0.293 e. The summed E-state index contributed by atoms with van der Waals surface area (Å²) in [5, 5.41) is 13.9. The molecule has 0 aliphatic heterocycles. The van der Waals surface area contributed by atoms with Gasteiger partial charge in [-0.3, -0.25) is 4.79 Å². The predicted octanol–water partition coefficient (Wildman–Crippen LogP) is 1.68. The highest BCUT2D eigenvalue weighted by Gasteiger charge is 2.22. The molecule has 0 saturated carbocycles. The largest absolute Gasteiger partial charge is 0.394 e. The van der Waals surface area contributed by atoms with Gasteiger partial charge in [0.05, 0.1) is 23.4 Å². The summed E-state index contributed by atoms with van der Waals surface area (Å²) in [6, 6.07) is 6.91. The summed E-state index contributed by atoms with van der Waals surface area (Å²) in [4.78, 5) is 17.9. The number of carbonyl (C=O) groups excluding carboxylic acids is 1. The van der Waals surface area contributed by atoms with Gasteiger partial charge in [-0.15, -0.1) is 5.10 Å². The van der Waals surface area contributed by atoms with Gasteiger partial charge in [-0.2, -0.15) is 0 Å². The Hall–Kier alpha value is -1.92. The molecule has 1 aromatic carbocycles. The van der Waals surface area contributed by atoms with Crippen molar-refractivity contribution in [2.45, 2.75) is 19.9 Å². The van der Waals surface area contributed by atoms with Crippen LogP contribution in [0.3, 0.4) is 0 Å². The van der Waals surface area contributed by atoms with E-state index in [1.54, 1.807) is 33.0 Å². The van der Waals surface area contributed by atoms with Gasteiger partial charge in [0, 0.05) is 7.05 Å². The van der Waals surface area contributed by atoms with Crippen LogP contribution in [0.1, 0.15) is 23.4 Å². The minimum Gasteiger partial charge on any atom is -0.394 e. The molecule has 1 amide bonds. The summed E-state index contributed by atoms with van der Waals surface area (Å²) in [6.07, 6.45) is 0. The fourth-order valence-electron chi connectivity index (χ4n) is 1.81. The number of rotatable bonds is 4. The van der Waals surface area contributed by atoms with Gasteiger partial charge in [-0.05, 0) is 26.0 Å². The number of amides is 1. The molecule has 0 radical (unpaired) electrons. The van der Waals surface area contributed by atoms with E-state index in [0.717, 1.165) is 0 Å². The molecule has 21 heavy (non-hydrogen) atoms. The molecule has 2 rings (SSSR count). The Labute approximate surface area is 128 Å². The van der Waals surface area contributed by atoms with E-state index in [4.69, 9.17) is 16.7 Å². The minimum atomic E-state index is -0.342. The zero-order chi connectivity index (χ0) is 15.6. The van der Waals surface area contributed by atoms with Gasteiger partial charge in [0.25, 0.3) is 5.91 Å². The number of halogens is 1. The van der Waals surface area contributed by atoms with Gasteiger partial charge in [0.2, 0.25) is 5.82 Å². The van der Waals surface area contributed by atoms with Crippen LogP contribution in [0.15, 0.2) is 24.3 Å². The van der Waals surface area contributed by atoms with E-state index in [9.17, 15) is 4.79 Å². The van der Waals surface area contributed by atoms with Crippen molar-refractivity contribution < 1.29 is 9.90 Å². The number of hydrogen-bond donors (Lipinski definition) is 1. The highest BCUT2D eigenvalue weighted by molar-refractivity contribution is 6.32. The fourth-order valence-corrected chi connectivity index (χ4v) is 2.03. The van der Waals surface area contributed by atoms with Crippen LogP contribution in [0, 0.1) is 6.92 Å². The molecule has 7 heteroatoms. The molecule has 1 N–H and O–H groups in total.